The standard InChI is InChI=1S/C17H23N3O2/c18-12-13-6-9-19(10-7-13)17(22)14-3-1-4-15(11-14)20-8-2-5-16(20)21/h1,3-4,11,13H,2,5-10,12,18H2. The zero-order valence-corrected chi connectivity index (χ0v) is 12.8. The quantitative estimate of drug-likeness (QED) is 0.922. The fourth-order valence-electron chi connectivity index (χ4n) is 3.28. The second-order valence-electron chi connectivity index (χ2n) is 6.17. The van der Waals surface area contributed by atoms with Crippen LogP contribution in [0.1, 0.15) is 36.0 Å². The maximum absolute atomic E-state index is 12.6. The van der Waals surface area contributed by atoms with Gasteiger partial charge in [0.25, 0.3) is 5.91 Å². The molecule has 0 aromatic heterocycles. The van der Waals surface area contributed by atoms with Crippen LogP contribution < -0.4 is 10.6 Å². The average Bonchev–Trinajstić information content (AvgIpc) is 3.00. The second-order valence-corrected chi connectivity index (χ2v) is 6.17. The molecule has 2 amide bonds. The molecule has 0 bridgehead atoms. The van der Waals surface area contributed by atoms with E-state index in [0.29, 0.717) is 24.4 Å². The largest absolute Gasteiger partial charge is 0.339 e. The smallest absolute Gasteiger partial charge is 0.253 e. The van der Waals surface area contributed by atoms with Gasteiger partial charge in [0.15, 0.2) is 0 Å². The lowest BCUT2D eigenvalue weighted by molar-refractivity contribution is -0.117. The summed E-state index contributed by atoms with van der Waals surface area (Å²) in [7, 11) is 0. The van der Waals surface area contributed by atoms with Crippen LogP contribution in [0.15, 0.2) is 24.3 Å². The van der Waals surface area contributed by atoms with Gasteiger partial charge in [0.2, 0.25) is 5.91 Å². The molecule has 2 N–H and O–H groups in total. The van der Waals surface area contributed by atoms with Crippen molar-refractivity contribution in [3.63, 3.8) is 0 Å². The van der Waals surface area contributed by atoms with Crippen LogP contribution in [0.4, 0.5) is 5.69 Å². The molecule has 2 aliphatic rings. The molecule has 2 aliphatic heterocycles. The molecule has 118 valence electrons. The zero-order valence-electron chi connectivity index (χ0n) is 12.8. The summed E-state index contributed by atoms with van der Waals surface area (Å²) in [6.45, 7) is 2.99. The van der Waals surface area contributed by atoms with Gasteiger partial charge in [-0.25, -0.2) is 0 Å². The number of nitrogens with two attached hydrogens (primary N) is 1. The fourth-order valence-corrected chi connectivity index (χ4v) is 3.28. The van der Waals surface area contributed by atoms with Crippen LogP contribution in [0.5, 0.6) is 0 Å². The number of amides is 2. The van der Waals surface area contributed by atoms with E-state index in [2.05, 4.69) is 0 Å². The Kier molecular flexibility index (Phi) is 4.43. The predicted molar refractivity (Wildman–Crippen MR) is 85.7 cm³/mol. The third-order valence-electron chi connectivity index (χ3n) is 4.71. The number of benzene rings is 1. The zero-order chi connectivity index (χ0) is 15.5. The number of carbonyl (C=O) groups is 2. The molecule has 0 radical (unpaired) electrons. The van der Waals surface area contributed by atoms with E-state index in [1.165, 1.54) is 0 Å². The number of hydrogen-bond acceptors (Lipinski definition) is 3. The highest BCUT2D eigenvalue weighted by Gasteiger charge is 2.25. The lowest BCUT2D eigenvalue weighted by atomic mass is 9.96. The topological polar surface area (TPSA) is 66.6 Å². The van der Waals surface area contributed by atoms with E-state index in [4.69, 9.17) is 5.73 Å². The van der Waals surface area contributed by atoms with Crippen LogP contribution in [0.3, 0.4) is 0 Å². The van der Waals surface area contributed by atoms with Crippen molar-refractivity contribution in [2.24, 2.45) is 11.7 Å². The molecule has 1 aromatic carbocycles. The summed E-state index contributed by atoms with van der Waals surface area (Å²) in [6.07, 6.45) is 3.45. The summed E-state index contributed by atoms with van der Waals surface area (Å²) in [5.74, 6) is 0.745. The third kappa shape index (κ3) is 2.99. The minimum absolute atomic E-state index is 0.0592. The number of likely N-dealkylation sites (tertiary alicyclic amines) is 1. The van der Waals surface area contributed by atoms with Gasteiger partial charge in [-0.05, 0) is 49.9 Å². The Morgan fingerprint density at radius 1 is 1.23 bits per heavy atom. The first-order chi connectivity index (χ1) is 10.7. The molecule has 2 saturated heterocycles. The molecule has 22 heavy (non-hydrogen) atoms. The minimum atomic E-state index is 0.0592. The summed E-state index contributed by atoms with van der Waals surface area (Å²) < 4.78 is 0. The van der Waals surface area contributed by atoms with Gasteiger partial charge < -0.3 is 15.5 Å². The molecular formula is C17H23N3O2. The molecule has 2 fully saturated rings. The summed E-state index contributed by atoms with van der Waals surface area (Å²) in [4.78, 5) is 28.2. The Hall–Kier alpha value is -1.88. The van der Waals surface area contributed by atoms with Crippen molar-refractivity contribution in [3.8, 4) is 0 Å². The van der Waals surface area contributed by atoms with Crippen LogP contribution in [0, 0.1) is 5.92 Å². The van der Waals surface area contributed by atoms with Gasteiger partial charge in [0.05, 0.1) is 0 Å². The van der Waals surface area contributed by atoms with E-state index in [-0.39, 0.29) is 11.8 Å². The second kappa shape index (κ2) is 6.48. The lowest BCUT2D eigenvalue weighted by Gasteiger charge is -2.31. The summed E-state index contributed by atoms with van der Waals surface area (Å²) in [5, 5.41) is 0. The van der Waals surface area contributed by atoms with Crippen molar-refractivity contribution in [2.75, 3.05) is 31.1 Å². The van der Waals surface area contributed by atoms with E-state index in [1.807, 2.05) is 29.2 Å². The fraction of sp³-hybridized carbons (Fsp3) is 0.529. The van der Waals surface area contributed by atoms with Crippen molar-refractivity contribution < 1.29 is 9.59 Å². The van der Waals surface area contributed by atoms with E-state index >= 15 is 0 Å². The molecule has 2 heterocycles. The maximum Gasteiger partial charge on any atom is 0.253 e. The molecule has 5 heteroatoms. The van der Waals surface area contributed by atoms with Gasteiger partial charge in [-0.1, -0.05) is 6.07 Å². The Labute approximate surface area is 131 Å². The number of rotatable bonds is 3. The minimum Gasteiger partial charge on any atom is -0.339 e. The van der Waals surface area contributed by atoms with Gasteiger partial charge in [0.1, 0.15) is 0 Å². The van der Waals surface area contributed by atoms with Gasteiger partial charge in [0, 0.05) is 37.3 Å². The van der Waals surface area contributed by atoms with Gasteiger partial charge in [-0.3, -0.25) is 9.59 Å². The first-order valence-electron chi connectivity index (χ1n) is 8.09. The van der Waals surface area contributed by atoms with Crippen molar-refractivity contribution in [1.29, 1.82) is 0 Å². The predicted octanol–water partition coefficient (Wildman–Crippen LogP) is 1.62. The van der Waals surface area contributed by atoms with Crippen molar-refractivity contribution in [2.45, 2.75) is 25.7 Å². The van der Waals surface area contributed by atoms with Crippen LogP contribution >= 0.6 is 0 Å². The summed E-state index contributed by atoms with van der Waals surface area (Å²) in [5.41, 5.74) is 7.21. The number of piperidine rings is 1. The molecule has 0 atom stereocenters. The van der Waals surface area contributed by atoms with E-state index in [9.17, 15) is 9.59 Å². The molecule has 0 aliphatic carbocycles. The monoisotopic (exact) mass is 301 g/mol. The number of carbonyl (C=O) groups excluding carboxylic acids is 2. The Balaban J connectivity index is 1.72. The first-order valence-corrected chi connectivity index (χ1v) is 8.09. The van der Waals surface area contributed by atoms with Gasteiger partial charge in [-0.15, -0.1) is 0 Å². The SMILES string of the molecule is NCC1CCN(C(=O)c2cccc(N3CCCC3=O)c2)CC1. The molecule has 1 aromatic rings. The van der Waals surface area contributed by atoms with Gasteiger partial charge in [-0.2, -0.15) is 0 Å². The summed E-state index contributed by atoms with van der Waals surface area (Å²) >= 11 is 0. The number of anilines is 1. The molecule has 5 nitrogen and oxygen atoms in total. The molecule has 0 saturated carbocycles. The Bertz CT molecular complexity index is 565. The highest BCUT2D eigenvalue weighted by atomic mass is 16.2. The third-order valence-corrected chi connectivity index (χ3v) is 4.71. The number of nitrogens with zero attached hydrogens (tertiary/aromatic N) is 2. The number of hydrogen-bond donors (Lipinski definition) is 1. The Morgan fingerprint density at radius 2 is 2.00 bits per heavy atom. The molecule has 3 rings (SSSR count). The highest BCUT2D eigenvalue weighted by molar-refractivity contribution is 5.99. The highest BCUT2D eigenvalue weighted by Crippen LogP contribution is 2.24. The van der Waals surface area contributed by atoms with Crippen molar-refractivity contribution >= 4 is 17.5 Å². The van der Waals surface area contributed by atoms with Crippen molar-refractivity contribution in [3.05, 3.63) is 29.8 Å². The van der Waals surface area contributed by atoms with E-state index in [1.54, 1.807) is 4.90 Å². The molecule has 0 spiro atoms. The normalized spacial score (nSPS) is 19.8. The van der Waals surface area contributed by atoms with Crippen LogP contribution in [0.2, 0.25) is 0 Å². The maximum atomic E-state index is 12.6. The van der Waals surface area contributed by atoms with E-state index < -0.39 is 0 Å². The van der Waals surface area contributed by atoms with Gasteiger partial charge >= 0.3 is 0 Å². The van der Waals surface area contributed by atoms with Crippen LogP contribution in [0.25, 0.3) is 0 Å². The Morgan fingerprint density at radius 3 is 2.64 bits per heavy atom. The average molecular weight is 301 g/mol. The van der Waals surface area contributed by atoms with E-state index in [0.717, 1.165) is 44.6 Å². The van der Waals surface area contributed by atoms with Crippen molar-refractivity contribution in [1.82, 2.24) is 4.90 Å². The first kappa shape index (κ1) is 15.0. The summed E-state index contributed by atoms with van der Waals surface area (Å²) in [6, 6.07) is 7.45. The van der Waals surface area contributed by atoms with Crippen LogP contribution in [-0.2, 0) is 4.79 Å². The van der Waals surface area contributed by atoms with Crippen LogP contribution in [-0.4, -0.2) is 42.9 Å². The molecule has 0 unspecified atom stereocenters. The molecular weight excluding hydrogens is 278 g/mol. The lowest BCUT2D eigenvalue weighted by Crippen LogP contribution is -2.40.